The first kappa shape index (κ1) is 15.0. The topological polar surface area (TPSA) is 66.6 Å². The number of nitrogens with zero attached hydrogens (tertiary/aromatic N) is 2. The van der Waals surface area contributed by atoms with E-state index in [0.717, 1.165) is 12.8 Å². The summed E-state index contributed by atoms with van der Waals surface area (Å²) < 4.78 is 0. The highest BCUT2D eigenvalue weighted by Crippen LogP contribution is 2.24. The Labute approximate surface area is 109 Å². The summed E-state index contributed by atoms with van der Waals surface area (Å²) in [6.45, 7) is 6.45. The number of nitrogens with two attached hydrogens (primary N) is 1. The van der Waals surface area contributed by atoms with E-state index in [-0.39, 0.29) is 23.3 Å². The molecule has 0 aromatic heterocycles. The summed E-state index contributed by atoms with van der Waals surface area (Å²) in [4.78, 5) is 27.6. The molecule has 0 aliphatic carbocycles. The van der Waals surface area contributed by atoms with Crippen LogP contribution in [0.25, 0.3) is 0 Å². The Balaban J connectivity index is 2.82. The fourth-order valence-electron chi connectivity index (χ4n) is 2.13. The van der Waals surface area contributed by atoms with Gasteiger partial charge in [-0.3, -0.25) is 9.59 Å². The lowest BCUT2D eigenvalue weighted by Crippen LogP contribution is -2.54. The van der Waals surface area contributed by atoms with Crippen LogP contribution in [0.3, 0.4) is 0 Å². The maximum Gasteiger partial charge on any atom is 0.244 e. The first-order chi connectivity index (χ1) is 8.16. The molecule has 0 radical (unpaired) electrons. The van der Waals surface area contributed by atoms with E-state index in [9.17, 15) is 9.59 Å². The first-order valence-corrected chi connectivity index (χ1v) is 6.43. The summed E-state index contributed by atoms with van der Waals surface area (Å²) >= 11 is 0. The Morgan fingerprint density at radius 1 is 1.33 bits per heavy atom. The molecule has 0 aromatic carbocycles. The van der Waals surface area contributed by atoms with Crippen LogP contribution in [-0.4, -0.2) is 54.3 Å². The molecule has 2 N–H and O–H groups in total. The van der Waals surface area contributed by atoms with Gasteiger partial charge < -0.3 is 15.5 Å². The SMILES string of the molecule is CN(C)C(=O)C1CCCN1C(=O)[C@H](N)C(C)(C)C. The Morgan fingerprint density at radius 2 is 1.89 bits per heavy atom. The van der Waals surface area contributed by atoms with Gasteiger partial charge in [0.1, 0.15) is 6.04 Å². The molecule has 18 heavy (non-hydrogen) atoms. The number of hydrogen-bond donors (Lipinski definition) is 1. The lowest BCUT2D eigenvalue weighted by Gasteiger charge is -2.33. The molecule has 1 aliphatic rings. The molecule has 2 atom stereocenters. The molecule has 1 saturated heterocycles. The average molecular weight is 255 g/mol. The van der Waals surface area contributed by atoms with Gasteiger partial charge in [0.15, 0.2) is 0 Å². The van der Waals surface area contributed by atoms with Gasteiger partial charge in [0.25, 0.3) is 0 Å². The van der Waals surface area contributed by atoms with E-state index in [4.69, 9.17) is 5.73 Å². The van der Waals surface area contributed by atoms with Crippen LogP contribution in [0.5, 0.6) is 0 Å². The van der Waals surface area contributed by atoms with Crippen LogP contribution in [0.2, 0.25) is 0 Å². The van der Waals surface area contributed by atoms with Crippen molar-refractivity contribution in [2.24, 2.45) is 11.1 Å². The number of likely N-dealkylation sites (N-methyl/N-ethyl adjacent to an activating group) is 1. The largest absolute Gasteiger partial charge is 0.347 e. The highest BCUT2D eigenvalue weighted by molar-refractivity contribution is 5.90. The van der Waals surface area contributed by atoms with Crippen LogP contribution in [0, 0.1) is 5.41 Å². The Morgan fingerprint density at radius 3 is 2.33 bits per heavy atom. The fourth-order valence-corrected chi connectivity index (χ4v) is 2.13. The van der Waals surface area contributed by atoms with Crippen molar-refractivity contribution in [1.29, 1.82) is 0 Å². The van der Waals surface area contributed by atoms with Crippen molar-refractivity contribution < 1.29 is 9.59 Å². The van der Waals surface area contributed by atoms with Gasteiger partial charge in [-0.05, 0) is 18.3 Å². The molecule has 5 heteroatoms. The third kappa shape index (κ3) is 3.02. The zero-order chi connectivity index (χ0) is 14.1. The van der Waals surface area contributed by atoms with Gasteiger partial charge in [-0.1, -0.05) is 20.8 Å². The van der Waals surface area contributed by atoms with E-state index in [1.54, 1.807) is 23.9 Å². The lowest BCUT2D eigenvalue weighted by molar-refractivity contribution is -0.144. The van der Waals surface area contributed by atoms with Crippen molar-refractivity contribution in [1.82, 2.24) is 9.80 Å². The third-order valence-electron chi connectivity index (χ3n) is 3.46. The van der Waals surface area contributed by atoms with Gasteiger partial charge >= 0.3 is 0 Å². The number of rotatable bonds is 2. The molecule has 0 saturated carbocycles. The quantitative estimate of drug-likeness (QED) is 0.778. The molecule has 1 fully saturated rings. The Kier molecular flexibility index (Phi) is 4.37. The van der Waals surface area contributed by atoms with Crippen LogP contribution in [0.1, 0.15) is 33.6 Å². The summed E-state index contributed by atoms with van der Waals surface area (Å²) in [5.41, 5.74) is 5.71. The molecule has 0 spiro atoms. The van der Waals surface area contributed by atoms with Crippen molar-refractivity contribution in [3.05, 3.63) is 0 Å². The van der Waals surface area contributed by atoms with E-state index >= 15 is 0 Å². The van der Waals surface area contributed by atoms with Gasteiger partial charge in [0.05, 0.1) is 6.04 Å². The molecule has 104 valence electrons. The first-order valence-electron chi connectivity index (χ1n) is 6.43. The van der Waals surface area contributed by atoms with Crippen LogP contribution in [-0.2, 0) is 9.59 Å². The minimum atomic E-state index is -0.562. The molecule has 1 rings (SSSR count). The molecule has 1 aliphatic heterocycles. The van der Waals surface area contributed by atoms with E-state index in [1.165, 1.54) is 0 Å². The number of carbonyl (C=O) groups excluding carboxylic acids is 2. The minimum absolute atomic E-state index is 0.0121. The zero-order valence-electron chi connectivity index (χ0n) is 12.1. The predicted molar refractivity (Wildman–Crippen MR) is 70.9 cm³/mol. The monoisotopic (exact) mass is 255 g/mol. The van der Waals surface area contributed by atoms with Crippen molar-refractivity contribution in [3.8, 4) is 0 Å². The highest BCUT2D eigenvalue weighted by Gasteiger charge is 2.39. The van der Waals surface area contributed by atoms with Crippen molar-refractivity contribution in [3.63, 3.8) is 0 Å². The predicted octanol–water partition coefficient (Wildman–Crippen LogP) is 0.439. The summed E-state index contributed by atoms with van der Waals surface area (Å²) in [5.74, 6) is -0.123. The van der Waals surface area contributed by atoms with Crippen molar-refractivity contribution >= 4 is 11.8 Å². The second kappa shape index (κ2) is 5.26. The maximum absolute atomic E-state index is 12.4. The molecule has 2 amide bonds. The summed E-state index contributed by atoms with van der Waals surface area (Å²) in [5, 5.41) is 0. The lowest BCUT2D eigenvalue weighted by atomic mass is 9.86. The molecule has 0 aromatic rings. The number of amides is 2. The highest BCUT2D eigenvalue weighted by atomic mass is 16.2. The Hall–Kier alpha value is -1.10. The van der Waals surface area contributed by atoms with Gasteiger partial charge in [-0.2, -0.15) is 0 Å². The van der Waals surface area contributed by atoms with Crippen LogP contribution in [0.15, 0.2) is 0 Å². The van der Waals surface area contributed by atoms with Crippen LogP contribution >= 0.6 is 0 Å². The van der Waals surface area contributed by atoms with E-state index in [2.05, 4.69) is 0 Å². The van der Waals surface area contributed by atoms with Gasteiger partial charge in [0, 0.05) is 20.6 Å². The zero-order valence-corrected chi connectivity index (χ0v) is 12.1. The van der Waals surface area contributed by atoms with Gasteiger partial charge in [0.2, 0.25) is 11.8 Å². The summed E-state index contributed by atoms with van der Waals surface area (Å²) in [6, 6.07) is -0.894. The average Bonchev–Trinajstić information content (AvgIpc) is 2.73. The van der Waals surface area contributed by atoms with Crippen LogP contribution < -0.4 is 5.73 Å². The van der Waals surface area contributed by atoms with Gasteiger partial charge in [-0.25, -0.2) is 0 Å². The number of likely N-dealkylation sites (tertiary alicyclic amines) is 1. The summed E-state index contributed by atoms with van der Waals surface area (Å²) in [7, 11) is 3.43. The summed E-state index contributed by atoms with van der Waals surface area (Å²) in [6.07, 6.45) is 1.60. The Bertz CT molecular complexity index is 334. The molecule has 5 nitrogen and oxygen atoms in total. The molecular weight excluding hydrogens is 230 g/mol. The second-order valence-corrected chi connectivity index (χ2v) is 6.27. The van der Waals surface area contributed by atoms with E-state index in [0.29, 0.717) is 6.54 Å². The van der Waals surface area contributed by atoms with Crippen molar-refractivity contribution in [2.45, 2.75) is 45.7 Å². The van der Waals surface area contributed by atoms with E-state index in [1.807, 2.05) is 20.8 Å². The number of hydrogen-bond acceptors (Lipinski definition) is 3. The standard InChI is InChI=1S/C13H25N3O2/c1-13(2,3)10(14)12(18)16-8-6-7-9(16)11(17)15(4)5/h9-10H,6-8,14H2,1-5H3/t9?,10-/m0/s1. The smallest absolute Gasteiger partial charge is 0.244 e. The molecule has 1 heterocycles. The molecule has 0 bridgehead atoms. The maximum atomic E-state index is 12.4. The fraction of sp³-hybridized carbons (Fsp3) is 0.846. The van der Waals surface area contributed by atoms with Gasteiger partial charge in [-0.15, -0.1) is 0 Å². The second-order valence-electron chi connectivity index (χ2n) is 6.27. The molecule has 1 unspecified atom stereocenters. The third-order valence-corrected chi connectivity index (χ3v) is 3.46. The minimum Gasteiger partial charge on any atom is -0.347 e. The molecular formula is C13H25N3O2. The normalized spacial score (nSPS) is 21.9. The van der Waals surface area contributed by atoms with Crippen LogP contribution in [0.4, 0.5) is 0 Å². The van der Waals surface area contributed by atoms with Crippen molar-refractivity contribution in [2.75, 3.05) is 20.6 Å². The van der Waals surface area contributed by atoms with E-state index < -0.39 is 6.04 Å². The number of carbonyl (C=O) groups is 2.